The maximum absolute atomic E-state index is 12.3. The van der Waals surface area contributed by atoms with E-state index in [1.807, 2.05) is 6.08 Å². The van der Waals surface area contributed by atoms with Crippen molar-refractivity contribution in [2.24, 2.45) is 11.3 Å². The van der Waals surface area contributed by atoms with Crippen LogP contribution >= 0.6 is 0 Å². The number of rotatable bonds is 20. The van der Waals surface area contributed by atoms with Gasteiger partial charge in [0.2, 0.25) is 0 Å². The zero-order valence-corrected chi connectivity index (χ0v) is 24.3. The molecule has 0 saturated carbocycles. The van der Waals surface area contributed by atoms with Crippen LogP contribution in [0.25, 0.3) is 0 Å². The highest BCUT2D eigenvalue weighted by Gasteiger charge is 2.31. The Morgan fingerprint density at radius 3 is 2.16 bits per heavy atom. The molecule has 37 heavy (non-hydrogen) atoms. The quantitative estimate of drug-likeness (QED) is 0.0533. The van der Waals surface area contributed by atoms with Gasteiger partial charge in [0.15, 0.2) is 0 Å². The molecule has 1 aliphatic rings. The van der Waals surface area contributed by atoms with Gasteiger partial charge in [-0.2, -0.15) is 0 Å². The monoisotopic (exact) mass is 514 g/mol. The molecular weight excluding hydrogens is 460 g/mol. The van der Waals surface area contributed by atoms with Crippen LogP contribution in [0.2, 0.25) is 0 Å². The maximum Gasteiger partial charge on any atom is 0.307 e. The van der Waals surface area contributed by atoms with Gasteiger partial charge < -0.3 is 9.47 Å². The summed E-state index contributed by atoms with van der Waals surface area (Å²) in [6.07, 6.45) is 28.1. The van der Waals surface area contributed by atoms with Gasteiger partial charge in [-0.25, -0.2) is 0 Å². The number of esters is 2. The molecule has 0 aliphatic heterocycles. The van der Waals surface area contributed by atoms with E-state index in [9.17, 15) is 9.59 Å². The second-order valence-corrected chi connectivity index (χ2v) is 11.3. The standard InChI is InChI=1S/C33H54O4/c1-6-7-8-9-10-11-12-13-14-15-16-17-18-21-32(35)37-27-30(24-26-36-29(3)34)22-23-31-28(2)20-19-25-33(31,4)5/h6,20,22,24,26,31H,1,7-19,21,23,25,27H2,2-5H3/b26-24+,30-22+. The Kier molecular flexibility index (Phi) is 17.7. The average molecular weight is 515 g/mol. The Hall–Kier alpha value is -2.10. The second kappa shape index (κ2) is 19.9. The van der Waals surface area contributed by atoms with E-state index >= 15 is 0 Å². The highest BCUT2D eigenvalue weighted by atomic mass is 16.5. The van der Waals surface area contributed by atoms with Crippen molar-refractivity contribution in [2.45, 2.75) is 130 Å². The lowest BCUT2D eigenvalue weighted by molar-refractivity contribution is -0.142. The van der Waals surface area contributed by atoms with Crippen LogP contribution < -0.4 is 0 Å². The van der Waals surface area contributed by atoms with E-state index < -0.39 is 0 Å². The lowest BCUT2D eigenvalue weighted by Gasteiger charge is -2.38. The van der Waals surface area contributed by atoms with Crippen molar-refractivity contribution in [1.29, 1.82) is 0 Å². The first kappa shape index (κ1) is 32.9. The van der Waals surface area contributed by atoms with Crippen molar-refractivity contribution in [3.8, 4) is 0 Å². The van der Waals surface area contributed by atoms with E-state index in [2.05, 4.69) is 39.5 Å². The molecule has 0 radical (unpaired) electrons. The van der Waals surface area contributed by atoms with Gasteiger partial charge in [0.1, 0.15) is 6.61 Å². The highest BCUT2D eigenvalue weighted by molar-refractivity contribution is 5.69. The molecule has 0 N–H and O–H groups in total. The minimum Gasteiger partial charge on any atom is -0.461 e. The molecule has 0 amide bonds. The third-order valence-corrected chi connectivity index (χ3v) is 7.57. The Morgan fingerprint density at radius 1 is 1.00 bits per heavy atom. The van der Waals surface area contributed by atoms with E-state index in [1.165, 1.54) is 83.0 Å². The van der Waals surface area contributed by atoms with Crippen LogP contribution in [-0.2, 0) is 19.1 Å². The zero-order chi connectivity index (χ0) is 27.4. The Labute approximate surface area is 227 Å². The molecule has 1 aliphatic carbocycles. The van der Waals surface area contributed by atoms with Gasteiger partial charge in [-0.15, -0.1) is 6.58 Å². The largest absolute Gasteiger partial charge is 0.461 e. The highest BCUT2D eigenvalue weighted by Crippen LogP contribution is 2.43. The lowest BCUT2D eigenvalue weighted by Crippen LogP contribution is -2.27. The predicted octanol–water partition coefficient (Wildman–Crippen LogP) is 9.56. The number of allylic oxidation sites excluding steroid dienone is 4. The summed E-state index contributed by atoms with van der Waals surface area (Å²) in [4.78, 5) is 23.5. The van der Waals surface area contributed by atoms with Crippen LogP contribution in [0.4, 0.5) is 0 Å². The van der Waals surface area contributed by atoms with E-state index in [-0.39, 0.29) is 24.0 Å². The third-order valence-electron chi connectivity index (χ3n) is 7.57. The Bertz CT molecular complexity index is 756. The molecule has 210 valence electrons. The summed E-state index contributed by atoms with van der Waals surface area (Å²) in [6, 6.07) is 0. The van der Waals surface area contributed by atoms with E-state index in [0.717, 1.165) is 37.7 Å². The number of hydrogen-bond acceptors (Lipinski definition) is 4. The van der Waals surface area contributed by atoms with Crippen molar-refractivity contribution in [1.82, 2.24) is 0 Å². The third kappa shape index (κ3) is 16.4. The zero-order valence-electron chi connectivity index (χ0n) is 24.3. The Morgan fingerprint density at radius 2 is 1.59 bits per heavy atom. The van der Waals surface area contributed by atoms with E-state index in [1.54, 1.807) is 6.08 Å². The summed E-state index contributed by atoms with van der Waals surface area (Å²) >= 11 is 0. The molecule has 1 rings (SSSR count). The number of carbonyl (C=O) groups is 2. The molecule has 1 unspecified atom stereocenters. The number of ether oxygens (including phenoxy) is 2. The average Bonchev–Trinajstić information content (AvgIpc) is 2.84. The van der Waals surface area contributed by atoms with Crippen molar-refractivity contribution in [3.63, 3.8) is 0 Å². The number of hydrogen-bond donors (Lipinski definition) is 0. The SMILES string of the molecule is C=CCCCCCCCCCCCCCC(=O)OCC(/C=C/OC(C)=O)=C/CC1C(C)=CCCC1(C)C. The van der Waals surface area contributed by atoms with Crippen molar-refractivity contribution in [2.75, 3.05) is 6.61 Å². The first-order chi connectivity index (χ1) is 17.8. The molecule has 0 bridgehead atoms. The maximum atomic E-state index is 12.3. The minimum absolute atomic E-state index is 0.155. The van der Waals surface area contributed by atoms with Gasteiger partial charge in [-0.3, -0.25) is 9.59 Å². The fourth-order valence-electron chi connectivity index (χ4n) is 5.16. The molecule has 1 atom stereocenters. The molecule has 0 heterocycles. The van der Waals surface area contributed by atoms with Gasteiger partial charge in [-0.05, 0) is 68.4 Å². The molecule has 0 fully saturated rings. The van der Waals surface area contributed by atoms with Crippen LogP contribution in [0.3, 0.4) is 0 Å². The van der Waals surface area contributed by atoms with Crippen molar-refractivity contribution >= 4 is 11.9 Å². The molecule has 0 saturated heterocycles. The van der Waals surface area contributed by atoms with Gasteiger partial charge in [0.05, 0.1) is 6.26 Å². The van der Waals surface area contributed by atoms with Crippen LogP contribution in [0.15, 0.2) is 48.3 Å². The van der Waals surface area contributed by atoms with Crippen molar-refractivity contribution in [3.05, 3.63) is 48.3 Å². The summed E-state index contributed by atoms with van der Waals surface area (Å²) < 4.78 is 10.5. The van der Waals surface area contributed by atoms with E-state index in [0.29, 0.717) is 12.3 Å². The van der Waals surface area contributed by atoms with Crippen LogP contribution in [0, 0.1) is 11.3 Å². The number of carbonyl (C=O) groups excluding carboxylic acids is 2. The molecule has 4 heteroatoms. The molecule has 0 aromatic carbocycles. The summed E-state index contributed by atoms with van der Waals surface area (Å²) in [7, 11) is 0. The minimum atomic E-state index is -0.362. The van der Waals surface area contributed by atoms with Crippen LogP contribution in [0.5, 0.6) is 0 Å². The summed E-state index contributed by atoms with van der Waals surface area (Å²) in [5.74, 6) is -0.0623. The van der Waals surface area contributed by atoms with Gasteiger partial charge >= 0.3 is 11.9 Å². The summed E-state index contributed by atoms with van der Waals surface area (Å²) in [5.41, 5.74) is 2.53. The first-order valence-electron chi connectivity index (χ1n) is 14.7. The first-order valence-corrected chi connectivity index (χ1v) is 14.7. The fraction of sp³-hybridized carbons (Fsp3) is 0.697. The topological polar surface area (TPSA) is 52.6 Å². The van der Waals surface area contributed by atoms with Gasteiger partial charge in [-0.1, -0.05) is 95.4 Å². The number of unbranched alkanes of at least 4 members (excludes halogenated alkanes) is 11. The van der Waals surface area contributed by atoms with Crippen LogP contribution in [0.1, 0.15) is 130 Å². The second-order valence-electron chi connectivity index (χ2n) is 11.3. The lowest BCUT2D eigenvalue weighted by atomic mass is 9.67. The molecule has 0 spiro atoms. The Balaban J connectivity index is 2.30. The van der Waals surface area contributed by atoms with E-state index in [4.69, 9.17) is 9.47 Å². The molecule has 0 aromatic rings. The fourth-order valence-corrected chi connectivity index (χ4v) is 5.16. The summed E-state index contributed by atoms with van der Waals surface area (Å²) in [6.45, 7) is 12.2. The van der Waals surface area contributed by atoms with Crippen molar-refractivity contribution < 1.29 is 19.1 Å². The normalized spacial score (nSPS) is 17.5. The summed E-state index contributed by atoms with van der Waals surface area (Å²) in [5, 5.41) is 0. The van der Waals surface area contributed by atoms with Gasteiger partial charge in [0.25, 0.3) is 0 Å². The van der Waals surface area contributed by atoms with Gasteiger partial charge in [0, 0.05) is 13.3 Å². The smallest absolute Gasteiger partial charge is 0.307 e. The van der Waals surface area contributed by atoms with Crippen LogP contribution in [-0.4, -0.2) is 18.5 Å². The molecule has 4 nitrogen and oxygen atoms in total. The molecule has 0 aromatic heterocycles. The molecular formula is C33H54O4. The predicted molar refractivity (Wildman–Crippen MR) is 155 cm³/mol.